The van der Waals surface area contributed by atoms with Crippen LogP contribution in [0.15, 0.2) is 72.8 Å². The highest BCUT2D eigenvalue weighted by Crippen LogP contribution is 2.35. The molecule has 3 aromatic carbocycles. The highest BCUT2D eigenvalue weighted by atomic mass is 127. The fraction of sp³-hybridized carbons (Fsp3) is 0.459. The Labute approximate surface area is 278 Å². The molecule has 0 spiro atoms. The van der Waals surface area contributed by atoms with Gasteiger partial charge in [-0.05, 0) is 114 Å². The second-order valence-corrected chi connectivity index (χ2v) is 13.6. The van der Waals surface area contributed by atoms with Crippen LogP contribution in [0.25, 0.3) is 0 Å². The van der Waals surface area contributed by atoms with Crippen molar-refractivity contribution < 1.29 is 19.1 Å². The van der Waals surface area contributed by atoms with Gasteiger partial charge in [0.25, 0.3) is 11.8 Å². The van der Waals surface area contributed by atoms with Gasteiger partial charge in [0.05, 0.1) is 3.57 Å². The maximum absolute atomic E-state index is 14.0. The van der Waals surface area contributed by atoms with E-state index in [9.17, 15) is 9.59 Å². The third kappa shape index (κ3) is 9.46. The number of ether oxygens (including phenoxy) is 2. The molecule has 0 aromatic heterocycles. The maximum atomic E-state index is 14.0. The van der Waals surface area contributed by atoms with Crippen molar-refractivity contribution in [2.24, 2.45) is 0 Å². The third-order valence-corrected chi connectivity index (χ3v) is 8.56. The number of hydrogen-bond acceptors (Lipinski definition) is 4. The van der Waals surface area contributed by atoms with E-state index in [1.165, 1.54) is 0 Å². The molecule has 0 aliphatic rings. The molecule has 44 heavy (non-hydrogen) atoms. The molecule has 2 amide bonds. The van der Waals surface area contributed by atoms with Gasteiger partial charge in [-0.1, -0.05) is 60.7 Å². The molecular weight excluding hydrogens is 663 g/mol. The molecule has 238 valence electrons. The average Bonchev–Trinajstić information content (AvgIpc) is 2.95. The number of carbonyl (C=O) groups excluding carboxylic acids is 2. The summed E-state index contributed by atoms with van der Waals surface area (Å²) in [6.45, 7) is 18.2. The van der Waals surface area contributed by atoms with Crippen molar-refractivity contribution in [3.05, 3.63) is 93.1 Å². The van der Waals surface area contributed by atoms with Crippen molar-refractivity contribution in [1.82, 2.24) is 9.80 Å². The van der Waals surface area contributed by atoms with Crippen molar-refractivity contribution in [3.8, 4) is 11.5 Å². The second-order valence-electron chi connectivity index (χ2n) is 12.5. The summed E-state index contributed by atoms with van der Waals surface area (Å²) in [5, 5.41) is 0. The van der Waals surface area contributed by atoms with Gasteiger partial charge < -0.3 is 19.3 Å². The summed E-state index contributed by atoms with van der Waals surface area (Å²) in [6, 6.07) is 23.9. The van der Waals surface area contributed by atoms with Crippen molar-refractivity contribution in [3.63, 3.8) is 0 Å². The zero-order valence-corrected chi connectivity index (χ0v) is 29.9. The Kier molecular flexibility index (Phi) is 13.1. The van der Waals surface area contributed by atoms with Crippen LogP contribution in [-0.4, -0.2) is 58.0 Å². The Morgan fingerprint density at radius 3 is 1.23 bits per heavy atom. The second kappa shape index (κ2) is 16.3. The van der Waals surface area contributed by atoms with Gasteiger partial charge in [-0.3, -0.25) is 9.59 Å². The minimum absolute atomic E-state index is 0.0227. The van der Waals surface area contributed by atoms with E-state index in [0.29, 0.717) is 24.3 Å². The van der Waals surface area contributed by atoms with Gasteiger partial charge in [0.2, 0.25) is 0 Å². The number of amides is 2. The molecule has 0 aliphatic carbocycles. The zero-order chi connectivity index (χ0) is 32.6. The summed E-state index contributed by atoms with van der Waals surface area (Å²) < 4.78 is 14.0. The average molecular weight is 713 g/mol. The molecule has 0 aliphatic heterocycles. The zero-order valence-electron chi connectivity index (χ0n) is 27.7. The van der Waals surface area contributed by atoms with Crippen LogP contribution in [0.4, 0.5) is 0 Å². The number of nitrogens with zero attached hydrogens (tertiary/aromatic N) is 2. The summed E-state index contributed by atoms with van der Waals surface area (Å²) in [7, 11) is 0. The molecule has 0 saturated heterocycles. The lowest BCUT2D eigenvalue weighted by atomic mass is 10.0. The minimum Gasteiger partial charge on any atom is -0.479 e. The molecule has 0 bridgehead atoms. The lowest BCUT2D eigenvalue weighted by Crippen LogP contribution is -2.50. The van der Waals surface area contributed by atoms with Crippen molar-refractivity contribution in [1.29, 1.82) is 0 Å². The fourth-order valence-corrected chi connectivity index (χ4v) is 6.31. The first-order chi connectivity index (χ1) is 20.8. The first-order valence-corrected chi connectivity index (χ1v) is 16.7. The van der Waals surface area contributed by atoms with E-state index < -0.39 is 12.2 Å². The SMILES string of the molecule is Cc1cc(O[C@H](Cc2ccccc2)C(=O)N(C(C)C)C(C)C)c(I)c(O[C@H](Cc2ccccc2)C(=O)N(C(C)C)C(C)C)c1. The van der Waals surface area contributed by atoms with Crippen LogP contribution >= 0.6 is 22.6 Å². The van der Waals surface area contributed by atoms with Gasteiger partial charge in [-0.15, -0.1) is 0 Å². The summed E-state index contributed by atoms with van der Waals surface area (Å²) in [6.07, 6.45) is -0.597. The van der Waals surface area contributed by atoms with E-state index in [1.807, 2.05) is 145 Å². The first kappa shape index (κ1) is 35.4. The predicted molar refractivity (Wildman–Crippen MR) is 187 cm³/mol. The standard InChI is InChI=1S/C37H49IN2O4/c1-24(2)39(25(3)4)36(41)33(22-29-16-12-10-13-17-29)43-31-20-28(9)21-32(35(31)38)44-34(23-30-18-14-11-15-19-30)37(42)40(26(5)6)27(7)8/h10-21,24-27,33-34H,22-23H2,1-9H3/t33-,34-/m1/s1. The van der Waals surface area contributed by atoms with E-state index in [1.54, 1.807) is 0 Å². The molecule has 7 heteroatoms. The van der Waals surface area contributed by atoms with Crippen LogP contribution in [-0.2, 0) is 22.4 Å². The molecule has 0 fully saturated rings. The monoisotopic (exact) mass is 712 g/mol. The van der Waals surface area contributed by atoms with Crippen molar-refractivity contribution >= 4 is 34.4 Å². The van der Waals surface area contributed by atoms with Crippen LogP contribution in [0, 0.1) is 10.5 Å². The Hall–Kier alpha value is -3.07. The number of hydrogen-bond donors (Lipinski definition) is 0. The summed E-state index contributed by atoms with van der Waals surface area (Å²) in [5.74, 6) is 1.02. The molecule has 0 unspecified atom stereocenters. The molecule has 3 rings (SSSR count). The lowest BCUT2D eigenvalue weighted by Gasteiger charge is -2.35. The van der Waals surface area contributed by atoms with E-state index in [-0.39, 0.29) is 36.0 Å². The van der Waals surface area contributed by atoms with Gasteiger partial charge in [-0.2, -0.15) is 0 Å². The highest BCUT2D eigenvalue weighted by Gasteiger charge is 2.33. The van der Waals surface area contributed by atoms with Gasteiger partial charge >= 0.3 is 0 Å². The summed E-state index contributed by atoms with van der Waals surface area (Å²) in [5.41, 5.74) is 2.96. The molecule has 0 heterocycles. The predicted octanol–water partition coefficient (Wildman–Crippen LogP) is 7.87. The van der Waals surface area contributed by atoms with E-state index in [4.69, 9.17) is 9.47 Å². The van der Waals surface area contributed by atoms with Gasteiger partial charge in [0.15, 0.2) is 12.2 Å². The summed E-state index contributed by atoms with van der Waals surface area (Å²) >= 11 is 2.22. The highest BCUT2D eigenvalue weighted by molar-refractivity contribution is 14.1. The van der Waals surface area contributed by atoms with Crippen LogP contribution in [0.1, 0.15) is 72.1 Å². The van der Waals surface area contributed by atoms with Crippen LogP contribution in [0.3, 0.4) is 0 Å². The van der Waals surface area contributed by atoms with Crippen molar-refractivity contribution in [2.75, 3.05) is 0 Å². The van der Waals surface area contributed by atoms with Crippen LogP contribution in [0.5, 0.6) is 11.5 Å². The molecule has 0 saturated carbocycles. The Morgan fingerprint density at radius 2 is 0.932 bits per heavy atom. The number of aryl methyl sites for hydroxylation is 1. The van der Waals surface area contributed by atoms with Gasteiger partial charge in [0, 0.05) is 37.0 Å². The Balaban J connectivity index is 2.02. The van der Waals surface area contributed by atoms with Gasteiger partial charge in [-0.25, -0.2) is 0 Å². The lowest BCUT2D eigenvalue weighted by molar-refractivity contribution is -0.143. The van der Waals surface area contributed by atoms with E-state index in [0.717, 1.165) is 20.3 Å². The van der Waals surface area contributed by atoms with E-state index in [2.05, 4.69) is 22.6 Å². The normalized spacial score (nSPS) is 12.9. The summed E-state index contributed by atoms with van der Waals surface area (Å²) in [4.78, 5) is 31.8. The molecular formula is C37H49IN2O4. The molecule has 6 nitrogen and oxygen atoms in total. The molecule has 2 atom stereocenters. The van der Waals surface area contributed by atoms with Crippen LogP contribution < -0.4 is 9.47 Å². The number of rotatable bonds is 14. The smallest absolute Gasteiger partial charge is 0.264 e. The molecule has 0 radical (unpaired) electrons. The van der Waals surface area contributed by atoms with Crippen molar-refractivity contribution in [2.45, 2.75) is 112 Å². The van der Waals surface area contributed by atoms with Gasteiger partial charge in [0.1, 0.15) is 11.5 Å². The largest absolute Gasteiger partial charge is 0.479 e. The minimum atomic E-state index is -0.732. The number of carbonyl (C=O) groups is 2. The Bertz CT molecular complexity index is 1240. The number of halogens is 1. The fourth-order valence-electron chi connectivity index (χ4n) is 5.74. The first-order valence-electron chi connectivity index (χ1n) is 15.7. The molecule has 3 aromatic rings. The van der Waals surface area contributed by atoms with E-state index >= 15 is 0 Å². The van der Waals surface area contributed by atoms with Crippen LogP contribution in [0.2, 0.25) is 0 Å². The number of benzene rings is 3. The third-order valence-electron chi connectivity index (χ3n) is 7.50. The molecule has 0 N–H and O–H groups in total. The Morgan fingerprint density at radius 1 is 0.614 bits per heavy atom. The quantitative estimate of drug-likeness (QED) is 0.160. The topological polar surface area (TPSA) is 59.1 Å². The maximum Gasteiger partial charge on any atom is 0.264 e.